The molecule has 0 atom stereocenters. The molecule has 2 aromatic rings. The molecule has 1 aromatic heterocycles. The summed E-state index contributed by atoms with van der Waals surface area (Å²) in [6.45, 7) is 3.42. The van der Waals surface area contributed by atoms with Crippen LogP contribution in [-0.4, -0.2) is 10.2 Å². The van der Waals surface area contributed by atoms with Gasteiger partial charge >= 0.3 is 0 Å². The highest BCUT2D eigenvalue weighted by atomic mass is 127. The van der Waals surface area contributed by atoms with Gasteiger partial charge in [-0.3, -0.25) is 4.79 Å². The molecule has 1 N–H and O–H groups in total. The summed E-state index contributed by atoms with van der Waals surface area (Å²) in [6.07, 6.45) is 0. The molecule has 0 aliphatic heterocycles. The zero-order chi connectivity index (χ0) is 12.4. The van der Waals surface area contributed by atoms with Gasteiger partial charge in [0.15, 0.2) is 5.78 Å². The van der Waals surface area contributed by atoms with Crippen molar-refractivity contribution >= 4 is 50.6 Å². The number of hydrogen-bond acceptors (Lipinski definition) is 4. The summed E-state index contributed by atoms with van der Waals surface area (Å²) >= 11 is 3.58. The van der Waals surface area contributed by atoms with Crippen molar-refractivity contribution in [3.05, 3.63) is 39.1 Å². The van der Waals surface area contributed by atoms with Crippen molar-refractivity contribution in [2.45, 2.75) is 13.8 Å². The number of rotatable bonds is 3. The molecular formula is C12H11IN2OS. The van der Waals surface area contributed by atoms with Crippen LogP contribution >= 0.6 is 34.1 Å². The average molecular weight is 358 g/mol. The Kier molecular flexibility index (Phi) is 3.78. The van der Waals surface area contributed by atoms with Gasteiger partial charge in [0, 0.05) is 9.26 Å². The first kappa shape index (κ1) is 12.5. The summed E-state index contributed by atoms with van der Waals surface area (Å²) in [4.78, 5) is 11.5. The Morgan fingerprint density at radius 1 is 1.47 bits per heavy atom. The molecule has 0 aliphatic carbocycles. The number of benzene rings is 1. The van der Waals surface area contributed by atoms with E-state index in [4.69, 9.17) is 0 Å². The van der Waals surface area contributed by atoms with Gasteiger partial charge in [-0.2, -0.15) is 4.37 Å². The Balaban J connectivity index is 2.33. The number of aromatic nitrogens is 1. The maximum absolute atomic E-state index is 11.5. The molecule has 88 valence electrons. The van der Waals surface area contributed by atoms with Crippen LogP contribution in [0, 0.1) is 10.5 Å². The van der Waals surface area contributed by atoms with E-state index in [0.717, 1.165) is 20.0 Å². The smallest absolute Gasteiger partial charge is 0.164 e. The third-order valence-corrected chi connectivity index (χ3v) is 3.82. The second-order valence-electron chi connectivity index (χ2n) is 3.66. The van der Waals surface area contributed by atoms with E-state index in [1.165, 1.54) is 11.5 Å². The molecule has 0 bridgehead atoms. The molecule has 1 aromatic carbocycles. The van der Waals surface area contributed by atoms with Crippen LogP contribution < -0.4 is 5.32 Å². The zero-order valence-corrected chi connectivity index (χ0v) is 12.4. The maximum Gasteiger partial charge on any atom is 0.164 e. The van der Waals surface area contributed by atoms with Crippen molar-refractivity contribution < 1.29 is 4.79 Å². The minimum atomic E-state index is 0.0457. The van der Waals surface area contributed by atoms with E-state index in [9.17, 15) is 4.79 Å². The Morgan fingerprint density at radius 2 is 2.24 bits per heavy atom. The number of hydrogen-bond donors (Lipinski definition) is 1. The Bertz CT molecular complexity index is 565. The van der Waals surface area contributed by atoms with Crippen LogP contribution in [0.5, 0.6) is 0 Å². The first-order valence-electron chi connectivity index (χ1n) is 5.07. The lowest BCUT2D eigenvalue weighted by Gasteiger charge is -2.05. The molecule has 3 nitrogen and oxygen atoms in total. The second kappa shape index (κ2) is 5.14. The largest absolute Gasteiger partial charge is 0.345 e. The summed E-state index contributed by atoms with van der Waals surface area (Å²) in [6, 6.07) is 8.00. The molecule has 1 heterocycles. The highest BCUT2D eigenvalue weighted by molar-refractivity contribution is 14.1. The molecule has 0 fully saturated rings. The van der Waals surface area contributed by atoms with Gasteiger partial charge in [0.05, 0.1) is 11.3 Å². The van der Waals surface area contributed by atoms with E-state index in [0.29, 0.717) is 5.56 Å². The molecule has 0 saturated heterocycles. The lowest BCUT2D eigenvalue weighted by Crippen LogP contribution is -1.98. The number of halogens is 1. The van der Waals surface area contributed by atoms with Crippen LogP contribution in [-0.2, 0) is 0 Å². The molecule has 0 spiro atoms. The van der Waals surface area contributed by atoms with Gasteiger partial charge in [0.1, 0.15) is 5.00 Å². The first-order valence-corrected chi connectivity index (χ1v) is 6.93. The fourth-order valence-electron chi connectivity index (χ4n) is 1.57. The lowest BCUT2D eigenvalue weighted by atomic mass is 10.2. The standard InChI is InChI=1S/C12H11IN2OS/c1-7-11(8(2)16)12(17-15-7)14-10-5-3-4-9(13)6-10/h3-6,14H,1-2H3. The number of Topliss-reactive ketones (excluding diaryl/α,β-unsaturated/α-hetero) is 1. The summed E-state index contributed by atoms with van der Waals surface area (Å²) in [5.74, 6) is 0.0457. The topological polar surface area (TPSA) is 42.0 Å². The molecule has 0 aliphatic rings. The van der Waals surface area contributed by atoms with Crippen molar-refractivity contribution in [1.82, 2.24) is 4.37 Å². The van der Waals surface area contributed by atoms with Crippen molar-refractivity contribution in [2.24, 2.45) is 0 Å². The van der Waals surface area contributed by atoms with Crippen LogP contribution in [0.4, 0.5) is 10.7 Å². The van der Waals surface area contributed by atoms with Gasteiger partial charge in [-0.25, -0.2) is 0 Å². The molecule has 0 radical (unpaired) electrons. The predicted octanol–water partition coefficient (Wildman–Crippen LogP) is 4.00. The van der Waals surface area contributed by atoms with Crippen LogP contribution in [0.15, 0.2) is 24.3 Å². The van der Waals surface area contributed by atoms with Crippen molar-refractivity contribution in [1.29, 1.82) is 0 Å². The van der Waals surface area contributed by atoms with Gasteiger partial charge in [-0.1, -0.05) is 6.07 Å². The molecule has 0 unspecified atom stereocenters. The van der Waals surface area contributed by atoms with E-state index in [-0.39, 0.29) is 5.78 Å². The summed E-state index contributed by atoms with van der Waals surface area (Å²) in [5, 5.41) is 4.06. The fourth-order valence-corrected chi connectivity index (χ4v) is 2.98. The number of nitrogens with one attached hydrogen (secondary N) is 1. The zero-order valence-electron chi connectivity index (χ0n) is 9.45. The normalized spacial score (nSPS) is 10.3. The first-order chi connectivity index (χ1) is 8.08. The summed E-state index contributed by atoms with van der Waals surface area (Å²) in [7, 11) is 0. The van der Waals surface area contributed by atoms with Crippen LogP contribution in [0.1, 0.15) is 23.0 Å². The average Bonchev–Trinajstić information content (AvgIpc) is 2.59. The number of nitrogens with zero attached hydrogens (tertiary/aromatic N) is 1. The van der Waals surface area contributed by atoms with E-state index < -0.39 is 0 Å². The van der Waals surface area contributed by atoms with Gasteiger partial charge < -0.3 is 5.32 Å². The van der Waals surface area contributed by atoms with Gasteiger partial charge in [0.2, 0.25) is 0 Å². The highest BCUT2D eigenvalue weighted by Crippen LogP contribution is 2.28. The highest BCUT2D eigenvalue weighted by Gasteiger charge is 2.14. The number of carbonyl (C=O) groups excluding carboxylic acids is 1. The maximum atomic E-state index is 11.5. The quantitative estimate of drug-likeness (QED) is 0.666. The van der Waals surface area contributed by atoms with E-state index in [1.807, 2.05) is 31.2 Å². The summed E-state index contributed by atoms with van der Waals surface area (Å²) in [5.41, 5.74) is 2.45. The Hall–Kier alpha value is -0.950. The SMILES string of the molecule is CC(=O)c1c(C)nsc1Nc1cccc(I)c1. The third-order valence-electron chi connectivity index (χ3n) is 2.30. The molecule has 2 rings (SSSR count). The minimum Gasteiger partial charge on any atom is -0.345 e. The van der Waals surface area contributed by atoms with Crippen molar-refractivity contribution in [3.8, 4) is 0 Å². The number of aryl methyl sites for hydroxylation is 1. The van der Waals surface area contributed by atoms with E-state index in [1.54, 1.807) is 6.92 Å². The summed E-state index contributed by atoms with van der Waals surface area (Å²) < 4.78 is 5.36. The number of carbonyl (C=O) groups is 1. The molecule has 0 amide bonds. The van der Waals surface area contributed by atoms with Crippen LogP contribution in [0.25, 0.3) is 0 Å². The third kappa shape index (κ3) is 2.84. The number of ketones is 1. The van der Waals surface area contributed by atoms with Crippen LogP contribution in [0.2, 0.25) is 0 Å². The Morgan fingerprint density at radius 3 is 2.88 bits per heavy atom. The van der Waals surface area contributed by atoms with Gasteiger partial charge in [-0.15, -0.1) is 0 Å². The minimum absolute atomic E-state index is 0.0457. The predicted molar refractivity (Wildman–Crippen MR) is 79.3 cm³/mol. The van der Waals surface area contributed by atoms with E-state index in [2.05, 4.69) is 32.3 Å². The monoisotopic (exact) mass is 358 g/mol. The fraction of sp³-hybridized carbons (Fsp3) is 0.167. The molecule has 5 heteroatoms. The molecule has 17 heavy (non-hydrogen) atoms. The molecular weight excluding hydrogens is 347 g/mol. The van der Waals surface area contributed by atoms with Crippen molar-refractivity contribution in [3.63, 3.8) is 0 Å². The van der Waals surface area contributed by atoms with E-state index >= 15 is 0 Å². The lowest BCUT2D eigenvalue weighted by molar-refractivity contribution is 0.101. The second-order valence-corrected chi connectivity index (χ2v) is 5.68. The number of anilines is 2. The van der Waals surface area contributed by atoms with Crippen LogP contribution in [0.3, 0.4) is 0 Å². The molecule has 0 saturated carbocycles. The van der Waals surface area contributed by atoms with Gasteiger partial charge in [0.25, 0.3) is 0 Å². The van der Waals surface area contributed by atoms with Crippen molar-refractivity contribution in [2.75, 3.05) is 5.32 Å². The van der Waals surface area contributed by atoms with Gasteiger partial charge in [-0.05, 0) is 66.2 Å². The Labute approximate surface area is 118 Å².